The van der Waals surface area contributed by atoms with Crippen LogP contribution in [0.25, 0.3) is 0 Å². The molecule has 2 amide bonds. The van der Waals surface area contributed by atoms with Crippen LogP contribution in [-0.2, 0) is 9.59 Å². The van der Waals surface area contributed by atoms with Crippen LogP contribution in [0, 0.1) is 0 Å². The second-order valence-corrected chi connectivity index (χ2v) is 7.60. The third-order valence-electron chi connectivity index (χ3n) is 4.13. The third-order valence-corrected chi connectivity index (χ3v) is 5.65. The summed E-state index contributed by atoms with van der Waals surface area (Å²) in [6.45, 7) is 1.63. The molecule has 5 nitrogen and oxygen atoms in total. The Labute approximate surface area is 168 Å². The highest BCUT2D eigenvalue weighted by atomic mass is 35.5. The fourth-order valence-corrected chi connectivity index (χ4v) is 3.81. The zero-order chi connectivity index (χ0) is 19.1. The molecule has 7 heteroatoms. The van der Waals surface area contributed by atoms with Gasteiger partial charge in [-0.2, -0.15) is 0 Å². The van der Waals surface area contributed by atoms with Crippen LogP contribution in [0.15, 0.2) is 53.4 Å². The van der Waals surface area contributed by atoms with Crippen molar-refractivity contribution in [2.75, 3.05) is 30.8 Å². The molecule has 0 aliphatic carbocycles. The normalized spacial score (nSPS) is 13.4. The monoisotopic (exact) mass is 404 g/mol. The number of ether oxygens (including phenoxy) is 1. The Balaban J connectivity index is 1.48. The summed E-state index contributed by atoms with van der Waals surface area (Å²) in [5, 5.41) is 3.47. The molecule has 0 unspecified atom stereocenters. The van der Waals surface area contributed by atoms with Crippen molar-refractivity contribution < 1.29 is 14.3 Å². The maximum atomic E-state index is 12.2. The van der Waals surface area contributed by atoms with Gasteiger partial charge in [-0.15, -0.1) is 11.8 Å². The van der Waals surface area contributed by atoms with Gasteiger partial charge in [0.1, 0.15) is 5.75 Å². The topological polar surface area (TPSA) is 58.6 Å². The highest BCUT2D eigenvalue weighted by Crippen LogP contribution is 2.26. The number of carbonyl (C=O) groups is 2. The van der Waals surface area contributed by atoms with E-state index in [4.69, 9.17) is 16.3 Å². The number of rotatable bonds is 7. The van der Waals surface area contributed by atoms with Crippen LogP contribution >= 0.6 is 23.4 Å². The van der Waals surface area contributed by atoms with Gasteiger partial charge in [0.2, 0.25) is 5.91 Å². The molecule has 1 aliphatic heterocycles. The van der Waals surface area contributed by atoms with E-state index in [0.717, 1.165) is 30.8 Å². The lowest BCUT2D eigenvalue weighted by Gasteiger charge is -2.15. The first kappa shape index (κ1) is 19.6. The predicted octanol–water partition coefficient (Wildman–Crippen LogP) is 4.07. The lowest BCUT2D eigenvalue weighted by Crippen LogP contribution is -2.32. The van der Waals surface area contributed by atoms with E-state index in [2.05, 4.69) is 5.32 Å². The van der Waals surface area contributed by atoms with Crippen molar-refractivity contribution in [3.05, 3.63) is 53.6 Å². The van der Waals surface area contributed by atoms with Gasteiger partial charge in [-0.25, -0.2) is 0 Å². The van der Waals surface area contributed by atoms with Crippen molar-refractivity contribution >= 4 is 40.9 Å². The molecule has 0 saturated carbocycles. The number of benzene rings is 2. The number of hydrogen-bond donors (Lipinski definition) is 1. The number of hydrogen-bond acceptors (Lipinski definition) is 4. The Morgan fingerprint density at radius 1 is 1.11 bits per heavy atom. The largest absolute Gasteiger partial charge is 0.484 e. The van der Waals surface area contributed by atoms with E-state index in [-0.39, 0.29) is 24.2 Å². The molecule has 1 N–H and O–H groups in total. The van der Waals surface area contributed by atoms with Crippen LogP contribution in [0.2, 0.25) is 5.02 Å². The van der Waals surface area contributed by atoms with Crippen LogP contribution < -0.4 is 10.1 Å². The summed E-state index contributed by atoms with van der Waals surface area (Å²) in [4.78, 5) is 26.9. The fraction of sp³-hybridized carbons (Fsp3) is 0.300. The first-order valence-corrected chi connectivity index (χ1v) is 10.2. The van der Waals surface area contributed by atoms with Gasteiger partial charge in [-0.1, -0.05) is 29.8 Å². The fourth-order valence-electron chi connectivity index (χ4n) is 2.77. The minimum atomic E-state index is -0.134. The highest BCUT2D eigenvalue weighted by Gasteiger charge is 2.18. The van der Waals surface area contributed by atoms with Crippen molar-refractivity contribution in [3.8, 4) is 5.75 Å². The van der Waals surface area contributed by atoms with Crippen LogP contribution in [0.4, 0.5) is 5.69 Å². The predicted molar refractivity (Wildman–Crippen MR) is 109 cm³/mol. The van der Waals surface area contributed by atoms with Crippen molar-refractivity contribution in [1.82, 2.24) is 4.90 Å². The Kier molecular flexibility index (Phi) is 7.01. The zero-order valence-corrected chi connectivity index (χ0v) is 16.4. The lowest BCUT2D eigenvalue weighted by atomic mass is 10.3. The van der Waals surface area contributed by atoms with E-state index >= 15 is 0 Å². The Bertz CT molecular complexity index is 809. The van der Waals surface area contributed by atoms with Gasteiger partial charge < -0.3 is 15.0 Å². The van der Waals surface area contributed by atoms with Crippen molar-refractivity contribution in [3.63, 3.8) is 0 Å². The number of carbonyl (C=O) groups excluding carboxylic acids is 2. The quantitative estimate of drug-likeness (QED) is 0.706. The van der Waals surface area contributed by atoms with Gasteiger partial charge in [0, 0.05) is 29.7 Å². The summed E-state index contributed by atoms with van der Waals surface area (Å²) in [5.41, 5.74) is 0.630. The van der Waals surface area contributed by atoms with E-state index in [1.807, 2.05) is 23.1 Å². The molecular formula is C20H21ClN2O3S. The molecule has 3 rings (SSSR count). The second kappa shape index (κ2) is 9.67. The maximum absolute atomic E-state index is 12.2. The summed E-state index contributed by atoms with van der Waals surface area (Å²) in [6.07, 6.45) is 2.11. The number of likely N-dealkylation sites (tertiary alicyclic amines) is 1. The molecule has 1 heterocycles. The third kappa shape index (κ3) is 5.91. The summed E-state index contributed by atoms with van der Waals surface area (Å²) in [5.74, 6) is 0.671. The number of thioether (sulfide) groups is 1. The van der Waals surface area contributed by atoms with Crippen molar-refractivity contribution in [2.24, 2.45) is 0 Å². The summed E-state index contributed by atoms with van der Waals surface area (Å²) in [6, 6.07) is 14.5. The highest BCUT2D eigenvalue weighted by molar-refractivity contribution is 8.00. The van der Waals surface area contributed by atoms with Gasteiger partial charge >= 0.3 is 0 Å². The maximum Gasteiger partial charge on any atom is 0.260 e. The minimum Gasteiger partial charge on any atom is -0.484 e. The van der Waals surface area contributed by atoms with Gasteiger partial charge in [0.05, 0.1) is 10.8 Å². The second-order valence-electron chi connectivity index (χ2n) is 6.17. The first-order valence-electron chi connectivity index (χ1n) is 8.79. The van der Waals surface area contributed by atoms with E-state index in [1.54, 1.807) is 30.3 Å². The number of nitrogens with one attached hydrogen (secondary N) is 1. The number of amides is 2. The number of anilines is 1. The molecule has 27 heavy (non-hydrogen) atoms. The summed E-state index contributed by atoms with van der Waals surface area (Å²) < 4.78 is 5.58. The molecule has 1 fully saturated rings. The molecule has 2 aromatic rings. The van der Waals surface area contributed by atoms with Crippen molar-refractivity contribution in [1.29, 1.82) is 0 Å². The molecule has 0 spiro atoms. The van der Waals surface area contributed by atoms with Gasteiger partial charge in [0.15, 0.2) is 6.61 Å². The van der Waals surface area contributed by atoms with E-state index in [0.29, 0.717) is 16.5 Å². The van der Waals surface area contributed by atoms with Crippen LogP contribution in [-0.4, -0.2) is 42.2 Å². The molecule has 0 radical (unpaired) electrons. The van der Waals surface area contributed by atoms with Crippen LogP contribution in [0.1, 0.15) is 12.8 Å². The molecule has 1 saturated heterocycles. The first-order chi connectivity index (χ1) is 13.1. The molecule has 0 atom stereocenters. The summed E-state index contributed by atoms with van der Waals surface area (Å²) in [7, 11) is 0. The van der Waals surface area contributed by atoms with E-state index < -0.39 is 0 Å². The summed E-state index contributed by atoms with van der Waals surface area (Å²) >= 11 is 7.48. The molecule has 1 aliphatic rings. The minimum absolute atomic E-state index is 0.00178. The zero-order valence-electron chi connectivity index (χ0n) is 14.8. The van der Waals surface area contributed by atoms with Gasteiger partial charge in [-0.05, 0) is 37.1 Å². The van der Waals surface area contributed by atoms with E-state index in [1.165, 1.54) is 11.8 Å². The SMILES string of the molecule is O=C(CSc1ccccc1Cl)Nc1cccc(OCC(=O)N2CCCC2)c1. The Morgan fingerprint density at radius 3 is 2.67 bits per heavy atom. The Hall–Kier alpha value is -2.18. The van der Waals surface area contributed by atoms with Gasteiger partial charge in [-0.3, -0.25) is 9.59 Å². The van der Waals surface area contributed by atoms with Gasteiger partial charge in [0.25, 0.3) is 5.91 Å². The molecular weight excluding hydrogens is 384 g/mol. The Morgan fingerprint density at radius 2 is 1.89 bits per heavy atom. The van der Waals surface area contributed by atoms with Crippen LogP contribution in [0.3, 0.4) is 0 Å². The average Bonchev–Trinajstić information content (AvgIpc) is 3.21. The van der Waals surface area contributed by atoms with Crippen LogP contribution in [0.5, 0.6) is 5.75 Å². The smallest absolute Gasteiger partial charge is 0.260 e. The molecule has 2 aromatic carbocycles. The molecule has 0 bridgehead atoms. The molecule has 142 valence electrons. The van der Waals surface area contributed by atoms with Crippen molar-refractivity contribution in [2.45, 2.75) is 17.7 Å². The number of halogens is 1. The van der Waals surface area contributed by atoms with E-state index in [9.17, 15) is 9.59 Å². The number of nitrogens with zero attached hydrogens (tertiary/aromatic N) is 1. The standard InChI is InChI=1S/C20H21ClN2O3S/c21-17-8-1-2-9-18(17)27-14-19(24)22-15-6-5-7-16(12-15)26-13-20(25)23-10-3-4-11-23/h1-2,5-9,12H,3-4,10-11,13-14H2,(H,22,24). The lowest BCUT2D eigenvalue weighted by molar-refractivity contribution is -0.132. The average molecular weight is 405 g/mol. The molecule has 0 aromatic heterocycles.